The van der Waals surface area contributed by atoms with Crippen molar-refractivity contribution in [2.45, 2.75) is 53.5 Å². The van der Waals surface area contributed by atoms with Crippen molar-refractivity contribution < 1.29 is 0 Å². The van der Waals surface area contributed by atoms with Crippen LogP contribution in [0.4, 0.5) is 0 Å². The quantitative estimate of drug-likeness (QED) is 0.716. The molecular formula is C13H27N. The maximum Gasteiger partial charge on any atom is 0.0118 e. The molecule has 14 heavy (non-hydrogen) atoms. The van der Waals surface area contributed by atoms with Gasteiger partial charge in [-0.15, -0.1) is 0 Å². The minimum absolute atomic E-state index is 0.724. The monoisotopic (exact) mass is 197 g/mol. The molecular weight excluding hydrogens is 170 g/mol. The number of rotatable bonds is 2. The van der Waals surface area contributed by atoms with Crippen molar-refractivity contribution in [1.29, 1.82) is 0 Å². The summed E-state index contributed by atoms with van der Waals surface area (Å²) in [5.74, 6) is 3.37. The SMILES string of the molecule is CCC1CN[C@H](C(C)C)C(C)C(C)C1. The van der Waals surface area contributed by atoms with E-state index in [4.69, 9.17) is 0 Å². The molecule has 1 rings (SSSR count). The molecule has 0 aromatic carbocycles. The van der Waals surface area contributed by atoms with Crippen molar-refractivity contribution in [1.82, 2.24) is 5.32 Å². The Morgan fingerprint density at radius 1 is 1.29 bits per heavy atom. The summed E-state index contributed by atoms with van der Waals surface area (Å²) in [6.45, 7) is 13.1. The summed E-state index contributed by atoms with van der Waals surface area (Å²) in [6, 6.07) is 0.724. The predicted octanol–water partition coefficient (Wildman–Crippen LogP) is 3.30. The van der Waals surface area contributed by atoms with Crippen LogP contribution in [0.3, 0.4) is 0 Å². The largest absolute Gasteiger partial charge is 0.313 e. The van der Waals surface area contributed by atoms with Gasteiger partial charge in [-0.2, -0.15) is 0 Å². The molecule has 1 saturated heterocycles. The number of hydrogen-bond donors (Lipinski definition) is 1. The standard InChI is InChI=1S/C13H27N/c1-6-12-7-10(4)11(5)13(9(2)3)14-8-12/h9-14H,6-8H2,1-5H3/t10?,11?,12?,13-/m1/s1. The first-order chi connectivity index (χ1) is 6.56. The van der Waals surface area contributed by atoms with E-state index < -0.39 is 0 Å². The molecule has 1 aliphatic rings. The van der Waals surface area contributed by atoms with Gasteiger partial charge < -0.3 is 5.32 Å². The van der Waals surface area contributed by atoms with Crippen LogP contribution < -0.4 is 5.32 Å². The van der Waals surface area contributed by atoms with Gasteiger partial charge in [0, 0.05) is 6.04 Å². The number of nitrogens with one attached hydrogen (secondary N) is 1. The molecule has 1 aliphatic heterocycles. The molecule has 0 spiro atoms. The molecule has 0 aromatic rings. The van der Waals surface area contributed by atoms with Gasteiger partial charge in [0.2, 0.25) is 0 Å². The molecule has 0 aromatic heterocycles. The van der Waals surface area contributed by atoms with E-state index in [1.807, 2.05) is 0 Å². The van der Waals surface area contributed by atoms with Crippen LogP contribution >= 0.6 is 0 Å². The van der Waals surface area contributed by atoms with Crippen LogP contribution in [0, 0.1) is 23.7 Å². The zero-order valence-corrected chi connectivity index (χ0v) is 10.5. The summed E-state index contributed by atoms with van der Waals surface area (Å²) in [5, 5.41) is 3.76. The highest BCUT2D eigenvalue weighted by molar-refractivity contribution is 4.85. The third kappa shape index (κ3) is 2.73. The Morgan fingerprint density at radius 2 is 1.93 bits per heavy atom. The van der Waals surface area contributed by atoms with E-state index >= 15 is 0 Å². The summed E-state index contributed by atoms with van der Waals surface area (Å²) in [5.41, 5.74) is 0. The van der Waals surface area contributed by atoms with Gasteiger partial charge in [0.05, 0.1) is 0 Å². The molecule has 0 saturated carbocycles. The van der Waals surface area contributed by atoms with Crippen molar-refractivity contribution in [3.8, 4) is 0 Å². The van der Waals surface area contributed by atoms with Gasteiger partial charge in [0.15, 0.2) is 0 Å². The molecule has 1 fully saturated rings. The maximum absolute atomic E-state index is 3.76. The summed E-state index contributed by atoms with van der Waals surface area (Å²) in [6.07, 6.45) is 2.74. The molecule has 1 nitrogen and oxygen atoms in total. The Bertz CT molecular complexity index is 165. The fraction of sp³-hybridized carbons (Fsp3) is 1.00. The van der Waals surface area contributed by atoms with Crippen LogP contribution in [0.5, 0.6) is 0 Å². The van der Waals surface area contributed by atoms with Gasteiger partial charge in [-0.05, 0) is 36.6 Å². The van der Waals surface area contributed by atoms with E-state index in [-0.39, 0.29) is 0 Å². The highest BCUT2D eigenvalue weighted by atomic mass is 14.9. The Labute approximate surface area is 89.7 Å². The average molecular weight is 197 g/mol. The van der Waals surface area contributed by atoms with Crippen molar-refractivity contribution in [2.75, 3.05) is 6.54 Å². The molecule has 3 unspecified atom stereocenters. The van der Waals surface area contributed by atoms with Gasteiger partial charge in [-0.3, -0.25) is 0 Å². The first-order valence-electron chi connectivity index (χ1n) is 6.29. The van der Waals surface area contributed by atoms with Gasteiger partial charge in [-0.1, -0.05) is 41.0 Å². The first kappa shape index (κ1) is 12.0. The summed E-state index contributed by atoms with van der Waals surface area (Å²) in [7, 11) is 0. The maximum atomic E-state index is 3.76. The molecule has 4 atom stereocenters. The van der Waals surface area contributed by atoms with Crippen LogP contribution in [0.2, 0.25) is 0 Å². The van der Waals surface area contributed by atoms with Gasteiger partial charge >= 0.3 is 0 Å². The summed E-state index contributed by atoms with van der Waals surface area (Å²) >= 11 is 0. The third-order valence-corrected chi connectivity index (χ3v) is 4.11. The third-order valence-electron chi connectivity index (χ3n) is 4.11. The molecule has 0 aliphatic carbocycles. The zero-order valence-electron chi connectivity index (χ0n) is 10.5. The Morgan fingerprint density at radius 3 is 2.43 bits per heavy atom. The number of hydrogen-bond acceptors (Lipinski definition) is 1. The summed E-state index contributed by atoms with van der Waals surface area (Å²) in [4.78, 5) is 0. The van der Waals surface area contributed by atoms with Crippen LogP contribution in [-0.4, -0.2) is 12.6 Å². The normalized spacial score (nSPS) is 39.9. The lowest BCUT2D eigenvalue weighted by molar-refractivity contribution is 0.251. The molecule has 0 bridgehead atoms. The predicted molar refractivity (Wildman–Crippen MR) is 63.4 cm³/mol. The van der Waals surface area contributed by atoms with E-state index in [9.17, 15) is 0 Å². The van der Waals surface area contributed by atoms with Crippen molar-refractivity contribution in [3.05, 3.63) is 0 Å². The second-order valence-electron chi connectivity index (χ2n) is 5.52. The van der Waals surface area contributed by atoms with Crippen LogP contribution in [0.25, 0.3) is 0 Å². The van der Waals surface area contributed by atoms with Crippen molar-refractivity contribution in [3.63, 3.8) is 0 Å². The van der Waals surface area contributed by atoms with Gasteiger partial charge in [0.25, 0.3) is 0 Å². The lowest BCUT2D eigenvalue weighted by Crippen LogP contribution is -2.40. The van der Waals surface area contributed by atoms with Crippen LogP contribution in [-0.2, 0) is 0 Å². The fourth-order valence-corrected chi connectivity index (χ4v) is 2.82. The Balaban J connectivity index is 2.64. The Kier molecular flexibility index (Phi) is 4.43. The van der Waals surface area contributed by atoms with E-state index in [1.54, 1.807) is 0 Å². The molecule has 84 valence electrons. The average Bonchev–Trinajstić information content (AvgIpc) is 2.27. The van der Waals surface area contributed by atoms with Gasteiger partial charge in [0.1, 0.15) is 0 Å². The molecule has 1 heteroatoms. The fourth-order valence-electron chi connectivity index (χ4n) is 2.82. The van der Waals surface area contributed by atoms with E-state index in [2.05, 4.69) is 39.9 Å². The smallest absolute Gasteiger partial charge is 0.0118 e. The Hall–Kier alpha value is -0.0400. The molecule has 1 N–H and O–H groups in total. The minimum atomic E-state index is 0.724. The minimum Gasteiger partial charge on any atom is -0.313 e. The van der Waals surface area contributed by atoms with E-state index in [0.717, 1.165) is 29.7 Å². The van der Waals surface area contributed by atoms with E-state index in [0.29, 0.717) is 0 Å². The topological polar surface area (TPSA) is 12.0 Å². The van der Waals surface area contributed by atoms with E-state index in [1.165, 1.54) is 19.4 Å². The molecule has 0 radical (unpaired) electrons. The van der Waals surface area contributed by atoms with Gasteiger partial charge in [-0.25, -0.2) is 0 Å². The lowest BCUT2D eigenvalue weighted by Gasteiger charge is -2.29. The second-order valence-corrected chi connectivity index (χ2v) is 5.52. The lowest BCUT2D eigenvalue weighted by atomic mass is 9.81. The summed E-state index contributed by atoms with van der Waals surface area (Å²) < 4.78 is 0. The molecule has 0 amide bonds. The first-order valence-corrected chi connectivity index (χ1v) is 6.29. The molecule has 1 heterocycles. The highest BCUT2D eigenvalue weighted by Gasteiger charge is 2.30. The van der Waals surface area contributed by atoms with Crippen LogP contribution in [0.15, 0.2) is 0 Å². The highest BCUT2D eigenvalue weighted by Crippen LogP contribution is 2.30. The second kappa shape index (κ2) is 5.16. The van der Waals surface area contributed by atoms with Crippen molar-refractivity contribution in [2.24, 2.45) is 23.7 Å². The van der Waals surface area contributed by atoms with Crippen LogP contribution in [0.1, 0.15) is 47.5 Å². The zero-order chi connectivity index (χ0) is 10.7. The van der Waals surface area contributed by atoms with Crippen molar-refractivity contribution >= 4 is 0 Å².